The summed E-state index contributed by atoms with van der Waals surface area (Å²) in [5.74, 6) is 1.59. The van der Waals surface area contributed by atoms with Crippen LogP contribution in [0.1, 0.15) is 40.3 Å². The Balaban J connectivity index is 1.37. The second-order valence-corrected chi connectivity index (χ2v) is 8.38. The first-order valence-corrected chi connectivity index (χ1v) is 10.4. The van der Waals surface area contributed by atoms with Gasteiger partial charge in [0.25, 0.3) is 5.91 Å². The molecular weight excluding hydrogens is 380 g/mol. The highest BCUT2D eigenvalue weighted by molar-refractivity contribution is 5.97. The third kappa shape index (κ3) is 3.11. The first-order chi connectivity index (χ1) is 14.4. The summed E-state index contributed by atoms with van der Waals surface area (Å²) in [5, 5.41) is 0. The molecule has 3 aromatic rings. The van der Waals surface area contributed by atoms with E-state index in [-0.39, 0.29) is 5.91 Å². The monoisotopic (exact) mass is 406 g/mol. The van der Waals surface area contributed by atoms with Gasteiger partial charge in [-0.25, -0.2) is 15.0 Å². The number of fused-ring (bicyclic) bond motifs is 3. The van der Waals surface area contributed by atoms with Crippen LogP contribution < -0.4 is 4.90 Å². The van der Waals surface area contributed by atoms with Crippen LogP contribution in [0.3, 0.4) is 0 Å². The van der Waals surface area contributed by atoms with Crippen molar-refractivity contribution in [1.29, 1.82) is 0 Å². The molecule has 156 valence electrons. The van der Waals surface area contributed by atoms with Gasteiger partial charge in [0.15, 0.2) is 0 Å². The summed E-state index contributed by atoms with van der Waals surface area (Å²) in [4.78, 5) is 33.9. The van der Waals surface area contributed by atoms with E-state index in [0.717, 1.165) is 47.4 Å². The zero-order valence-corrected chi connectivity index (χ0v) is 17.6. The van der Waals surface area contributed by atoms with E-state index in [1.807, 2.05) is 55.2 Å². The molecule has 0 saturated carbocycles. The number of rotatable bonds is 2. The van der Waals surface area contributed by atoms with Crippen LogP contribution in [-0.2, 0) is 16.8 Å². The number of nitrogens with zero attached hydrogens (tertiary/aromatic N) is 5. The molecule has 8 heteroatoms. The fourth-order valence-electron chi connectivity index (χ4n) is 4.52. The molecule has 0 unspecified atom stereocenters. The van der Waals surface area contributed by atoms with Crippen molar-refractivity contribution < 1.29 is 9.53 Å². The largest absolute Gasteiger partial charge is 0.368 e. The maximum Gasteiger partial charge on any atom is 0.253 e. The number of imidazole rings is 1. The van der Waals surface area contributed by atoms with E-state index in [9.17, 15) is 4.79 Å². The lowest BCUT2D eigenvalue weighted by Crippen LogP contribution is -2.49. The Kier molecular flexibility index (Phi) is 4.47. The second kappa shape index (κ2) is 7.05. The average Bonchev–Trinajstić information content (AvgIpc) is 3.13. The minimum absolute atomic E-state index is 0.0479. The lowest BCUT2D eigenvalue weighted by atomic mass is 9.83. The molecule has 8 nitrogen and oxygen atoms in total. The fraction of sp³-hybridized carbons (Fsp3) is 0.455. The Morgan fingerprint density at radius 2 is 2.03 bits per heavy atom. The van der Waals surface area contributed by atoms with Crippen molar-refractivity contribution in [2.24, 2.45) is 0 Å². The number of anilines is 1. The molecular formula is C22H26N6O2. The van der Waals surface area contributed by atoms with Gasteiger partial charge in [0, 0.05) is 38.9 Å². The standard InChI is InChI=1S/C22H26N6O2/c1-14-24-17-5-4-15(12-18(17)25-14)20(29)28-9-7-22(8-10-28)19-16(6-11-30-22)13-23-21(26-19)27(2)3/h4-5,12-13H,6-11H2,1-3H3,(H,24,25). The third-order valence-corrected chi connectivity index (χ3v) is 6.14. The van der Waals surface area contributed by atoms with E-state index < -0.39 is 5.60 Å². The van der Waals surface area contributed by atoms with Crippen molar-refractivity contribution in [2.75, 3.05) is 38.7 Å². The van der Waals surface area contributed by atoms with Crippen molar-refractivity contribution in [3.05, 3.63) is 47.0 Å². The van der Waals surface area contributed by atoms with Gasteiger partial charge in [-0.05, 0) is 49.9 Å². The normalized spacial score (nSPS) is 17.9. The number of amides is 1. The van der Waals surface area contributed by atoms with Crippen molar-refractivity contribution in [2.45, 2.75) is 31.8 Å². The number of aromatic amines is 1. The van der Waals surface area contributed by atoms with Crippen molar-refractivity contribution in [1.82, 2.24) is 24.8 Å². The zero-order chi connectivity index (χ0) is 20.9. The van der Waals surface area contributed by atoms with Crippen molar-refractivity contribution in [3.63, 3.8) is 0 Å². The summed E-state index contributed by atoms with van der Waals surface area (Å²) >= 11 is 0. The number of piperidine rings is 1. The summed E-state index contributed by atoms with van der Waals surface area (Å²) in [7, 11) is 3.88. The first-order valence-electron chi connectivity index (χ1n) is 10.4. The SMILES string of the molecule is Cc1nc2ccc(C(=O)N3CCC4(CC3)OCCc3cnc(N(C)C)nc34)cc2[nH]1. The summed E-state index contributed by atoms with van der Waals surface area (Å²) in [6.45, 7) is 3.86. The maximum atomic E-state index is 13.1. The number of ether oxygens (including phenoxy) is 1. The molecule has 0 radical (unpaired) electrons. The molecule has 1 amide bonds. The summed E-state index contributed by atoms with van der Waals surface area (Å²) in [5.41, 5.74) is 4.18. The Bertz CT molecular complexity index is 1110. The van der Waals surface area contributed by atoms with E-state index in [1.165, 1.54) is 0 Å². The lowest BCUT2D eigenvalue weighted by molar-refractivity contribution is -0.0967. The second-order valence-electron chi connectivity index (χ2n) is 8.38. The van der Waals surface area contributed by atoms with Crippen molar-refractivity contribution in [3.8, 4) is 0 Å². The van der Waals surface area contributed by atoms with Crippen LogP contribution in [0.4, 0.5) is 5.95 Å². The fourth-order valence-corrected chi connectivity index (χ4v) is 4.52. The van der Waals surface area contributed by atoms with Crippen LogP contribution in [0.25, 0.3) is 11.0 Å². The zero-order valence-electron chi connectivity index (χ0n) is 17.6. The highest BCUT2D eigenvalue weighted by atomic mass is 16.5. The average molecular weight is 406 g/mol. The van der Waals surface area contributed by atoms with Crippen LogP contribution in [0.5, 0.6) is 0 Å². The first kappa shape index (κ1) is 19.0. The van der Waals surface area contributed by atoms with E-state index >= 15 is 0 Å². The summed E-state index contributed by atoms with van der Waals surface area (Å²) < 4.78 is 6.30. The van der Waals surface area contributed by atoms with Crippen LogP contribution in [0.2, 0.25) is 0 Å². The van der Waals surface area contributed by atoms with E-state index in [2.05, 4.69) is 15.0 Å². The number of H-pyrrole nitrogens is 1. The number of nitrogens with one attached hydrogen (secondary N) is 1. The third-order valence-electron chi connectivity index (χ3n) is 6.14. The number of benzene rings is 1. The summed E-state index contributed by atoms with van der Waals surface area (Å²) in [6, 6.07) is 5.65. The van der Waals surface area contributed by atoms with E-state index in [0.29, 0.717) is 31.2 Å². The Morgan fingerprint density at radius 3 is 2.80 bits per heavy atom. The van der Waals surface area contributed by atoms with Gasteiger partial charge >= 0.3 is 0 Å². The van der Waals surface area contributed by atoms with Gasteiger partial charge in [-0.2, -0.15) is 0 Å². The van der Waals surface area contributed by atoms with Crippen LogP contribution in [-0.4, -0.2) is 64.5 Å². The topological polar surface area (TPSA) is 87.2 Å². The predicted molar refractivity (Wildman–Crippen MR) is 114 cm³/mol. The molecule has 0 aliphatic carbocycles. The van der Waals surface area contributed by atoms with Gasteiger partial charge in [0.05, 0.1) is 23.3 Å². The number of likely N-dealkylation sites (tertiary alicyclic amines) is 1. The number of hydrogen-bond donors (Lipinski definition) is 1. The lowest BCUT2D eigenvalue weighted by Gasteiger charge is -2.44. The molecule has 0 bridgehead atoms. The van der Waals surface area contributed by atoms with Crippen LogP contribution >= 0.6 is 0 Å². The molecule has 2 aliphatic rings. The van der Waals surface area contributed by atoms with Gasteiger partial charge in [0.2, 0.25) is 5.95 Å². The minimum atomic E-state index is -0.428. The number of carbonyl (C=O) groups excluding carboxylic acids is 1. The molecule has 0 atom stereocenters. The number of carbonyl (C=O) groups is 1. The molecule has 5 rings (SSSR count). The van der Waals surface area contributed by atoms with Gasteiger partial charge < -0.3 is 19.5 Å². The molecule has 30 heavy (non-hydrogen) atoms. The molecule has 1 fully saturated rings. The molecule has 2 aliphatic heterocycles. The van der Waals surface area contributed by atoms with Crippen molar-refractivity contribution >= 4 is 22.9 Å². The molecule has 1 N–H and O–H groups in total. The van der Waals surface area contributed by atoms with Crippen LogP contribution in [0, 0.1) is 6.92 Å². The molecule has 4 heterocycles. The van der Waals surface area contributed by atoms with Crippen LogP contribution in [0.15, 0.2) is 24.4 Å². The highest BCUT2D eigenvalue weighted by Crippen LogP contribution is 2.41. The predicted octanol–water partition coefficient (Wildman–Crippen LogP) is 2.43. The Labute approximate surface area is 175 Å². The van der Waals surface area contributed by atoms with Gasteiger partial charge in [-0.1, -0.05) is 0 Å². The highest BCUT2D eigenvalue weighted by Gasteiger charge is 2.43. The maximum absolute atomic E-state index is 13.1. The smallest absolute Gasteiger partial charge is 0.253 e. The molecule has 1 aromatic carbocycles. The Morgan fingerprint density at radius 1 is 1.23 bits per heavy atom. The van der Waals surface area contributed by atoms with Gasteiger partial charge in [0.1, 0.15) is 11.4 Å². The van der Waals surface area contributed by atoms with Gasteiger partial charge in [-0.15, -0.1) is 0 Å². The van der Waals surface area contributed by atoms with E-state index in [1.54, 1.807) is 0 Å². The van der Waals surface area contributed by atoms with Gasteiger partial charge in [-0.3, -0.25) is 4.79 Å². The van der Waals surface area contributed by atoms with E-state index in [4.69, 9.17) is 9.72 Å². The quantitative estimate of drug-likeness (QED) is 0.703. The number of aryl methyl sites for hydroxylation is 1. The Hall–Kier alpha value is -3.00. The molecule has 1 saturated heterocycles. The summed E-state index contributed by atoms with van der Waals surface area (Å²) in [6.07, 6.45) is 4.24. The molecule has 1 spiro atoms. The molecule has 2 aromatic heterocycles. The number of hydrogen-bond acceptors (Lipinski definition) is 6. The minimum Gasteiger partial charge on any atom is -0.368 e. The number of aromatic nitrogens is 4.